The number of hydrogen-bond donors (Lipinski definition) is 2. The monoisotopic (exact) mass is 521 g/mol. The first-order valence-corrected chi connectivity index (χ1v) is 13.5. The Morgan fingerprint density at radius 3 is 2.69 bits per heavy atom. The normalized spacial score (nSPS) is 14.7. The largest absolute Gasteiger partial charge is 0.381 e. The van der Waals surface area contributed by atoms with Crippen LogP contribution in [-0.2, 0) is 6.42 Å². The molecule has 2 aromatic carbocycles. The summed E-state index contributed by atoms with van der Waals surface area (Å²) in [7, 11) is 0. The Balaban J connectivity index is 1.42. The molecule has 1 atom stereocenters. The number of para-hydroxylation sites is 1. The van der Waals surface area contributed by atoms with Crippen molar-refractivity contribution in [3.05, 3.63) is 94.3 Å². The Labute approximate surface area is 225 Å². The van der Waals surface area contributed by atoms with Crippen molar-refractivity contribution < 1.29 is 4.79 Å². The quantitative estimate of drug-likeness (QED) is 0.322. The van der Waals surface area contributed by atoms with Crippen LogP contribution in [-0.4, -0.2) is 30.1 Å². The van der Waals surface area contributed by atoms with Gasteiger partial charge in [-0.1, -0.05) is 56.0 Å². The van der Waals surface area contributed by atoms with Gasteiger partial charge in [0.05, 0.1) is 22.6 Å². The van der Waals surface area contributed by atoms with E-state index in [0.29, 0.717) is 28.1 Å². The highest BCUT2D eigenvalue weighted by atomic mass is 16.2. The maximum absolute atomic E-state index is 14.2. The number of carbonyl (C=O) groups is 1. The summed E-state index contributed by atoms with van der Waals surface area (Å²) in [5.41, 5.74) is 8.83. The molecule has 9 nitrogen and oxygen atoms in total. The molecule has 198 valence electrons. The molecule has 1 saturated carbocycles. The number of hydrogen-bond acceptors (Lipinski definition) is 6. The average molecular weight is 522 g/mol. The second-order valence-corrected chi connectivity index (χ2v) is 10.3. The van der Waals surface area contributed by atoms with Gasteiger partial charge in [0.2, 0.25) is 0 Å². The van der Waals surface area contributed by atoms with E-state index >= 15 is 0 Å². The number of aryl methyl sites for hydroxylation is 1. The fourth-order valence-corrected chi connectivity index (χ4v) is 5.76. The number of amides is 1. The van der Waals surface area contributed by atoms with Gasteiger partial charge in [0.1, 0.15) is 11.4 Å². The van der Waals surface area contributed by atoms with Crippen molar-refractivity contribution in [2.45, 2.75) is 51.5 Å². The van der Waals surface area contributed by atoms with E-state index in [0.717, 1.165) is 24.3 Å². The number of benzene rings is 2. The molecule has 3 aromatic heterocycles. The van der Waals surface area contributed by atoms with Crippen LogP contribution in [0.25, 0.3) is 22.2 Å². The van der Waals surface area contributed by atoms with Crippen LogP contribution < -0.4 is 16.6 Å². The number of aromatic nitrogens is 5. The molecule has 0 spiro atoms. The first-order chi connectivity index (χ1) is 19.0. The van der Waals surface area contributed by atoms with Gasteiger partial charge >= 0.3 is 0 Å². The molecule has 1 aliphatic carbocycles. The second kappa shape index (κ2) is 10.3. The van der Waals surface area contributed by atoms with Crippen molar-refractivity contribution in [2.75, 3.05) is 5.73 Å². The van der Waals surface area contributed by atoms with E-state index in [1.54, 1.807) is 23.0 Å². The molecule has 0 unspecified atom stereocenters. The molecule has 0 bridgehead atoms. The van der Waals surface area contributed by atoms with Crippen molar-refractivity contribution >= 4 is 28.3 Å². The molecule has 0 aliphatic heterocycles. The highest BCUT2D eigenvalue weighted by Gasteiger charge is 2.25. The van der Waals surface area contributed by atoms with Crippen molar-refractivity contribution in [3.8, 4) is 5.69 Å². The summed E-state index contributed by atoms with van der Waals surface area (Å²) in [5, 5.41) is 7.80. The van der Waals surface area contributed by atoms with E-state index in [1.807, 2.05) is 55.5 Å². The Morgan fingerprint density at radius 1 is 1.10 bits per heavy atom. The first-order valence-electron chi connectivity index (χ1n) is 13.5. The highest BCUT2D eigenvalue weighted by Crippen LogP contribution is 2.30. The number of nitrogens with one attached hydrogen (secondary N) is 1. The van der Waals surface area contributed by atoms with Crippen LogP contribution in [0.15, 0.2) is 71.8 Å². The summed E-state index contributed by atoms with van der Waals surface area (Å²) in [4.78, 5) is 36.8. The molecule has 0 saturated heterocycles. The highest BCUT2D eigenvalue weighted by molar-refractivity contribution is 6.04. The Hall–Kier alpha value is -4.53. The topological polar surface area (TPSA) is 120 Å². The second-order valence-electron chi connectivity index (χ2n) is 10.3. The fraction of sp³-hybridized carbons (Fsp3) is 0.300. The van der Waals surface area contributed by atoms with E-state index in [-0.39, 0.29) is 16.9 Å². The molecule has 9 heteroatoms. The maximum atomic E-state index is 14.2. The molecule has 0 radical (unpaired) electrons. The van der Waals surface area contributed by atoms with Gasteiger partial charge in [0, 0.05) is 12.4 Å². The van der Waals surface area contributed by atoms with Crippen LogP contribution in [0.2, 0.25) is 0 Å². The molecular formula is C30H31N7O2. The molecule has 1 aliphatic rings. The summed E-state index contributed by atoms with van der Waals surface area (Å²) in [6, 6.07) is 16.4. The Bertz CT molecular complexity index is 1720. The first kappa shape index (κ1) is 24.8. The average Bonchev–Trinajstić information content (AvgIpc) is 3.59. The third-order valence-electron chi connectivity index (χ3n) is 7.71. The summed E-state index contributed by atoms with van der Waals surface area (Å²) in [6.45, 7) is 1.81. The third-order valence-corrected chi connectivity index (χ3v) is 7.71. The van der Waals surface area contributed by atoms with E-state index in [4.69, 9.17) is 10.7 Å². The fourth-order valence-electron chi connectivity index (χ4n) is 5.76. The lowest BCUT2D eigenvalue weighted by atomic mass is 9.96. The molecule has 39 heavy (non-hydrogen) atoms. The summed E-state index contributed by atoms with van der Waals surface area (Å²) >= 11 is 0. The SMILES string of the molecule is C[C@@H](NC(=O)c1c(N)nn2cccnc12)c1nc2cccc(CCC3CCCC3)c2c(=O)n1-c1ccccc1. The number of carbonyl (C=O) groups excluding carboxylic acids is 1. The van der Waals surface area contributed by atoms with E-state index in [9.17, 15) is 9.59 Å². The molecule has 3 heterocycles. The van der Waals surface area contributed by atoms with E-state index in [2.05, 4.69) is 15.4 Å². The van der Waals surface area contributed by atoms with Crippen LogP contribution >= 0.6 is 0 Å². The van der Waals surface area contributed by atoms with Crippen molar-refractivity contribution in [3.63, 3.8) is 0 Å². The van der Waals surface area contributed by atoms with E-state index < -0.39 is 11.9 Å². The lowest BCUT2D eigenvalue weighted by Crippen LogP contribution is -2.33. The minimum atomic E-state index is -0.616. The Morgan fingerprint density at radius 2 is 1.90 bits per heavy atom. The molecule has 1 fully saturated rings. The number of rotatable bonds is 7. The molecule has 6 rings (SSSR count). The summed E-state index contributed by atoms with van der Waals surface area (Å²) in [6.07, 6.45) is 10.3. The lowest BCUT2D eigenvalue weighted by molar-refractivity contribution is 0.0940. The minimum Gasteiger partial charge on any atom is -0.381 e. The van der Waals surface area contributed by atoms with Gasteiger partial charge in [-0.2, -0.15) is 0 Å². The number of nitrogens with zero attached hydrogens (tertiary/aromatic N) is 5. The van der Waals surface area contributed by atoms with Gasteiger partial charge < -0.3 is 11.1 Å². The zero-order valence-electron chi connectivity index (χ0n) is 21.9. The van der Waals surface area contributed by atoms with Crippen LogP contribution in [0.5, 0.6) is 0 Å². The number of anilines is 1. The summed E-state index contributed by atoms with van der Waals surface area (Å²) < 4.78 is 3.08. The molecule has 5 aromatic rings. The zero-order chi connectivity index (χ0) is 26.9. The van der Waals surface area contributed by atoms with Gasteiger partial charge in [-0.3, -0.25) is 14.2 Å². The van der Waals surface area contributed by atoms with Crippen LogP contribution in [0, 0.1) is 5.92 Å². The lowest BCUT2D eigenvalue weighted by Gasteiger charge is -2.20. The van der Waals surface area contributed by atoms with Gasteiger partial charge in [0.15, 0.2) is 11.5 Å². The number of nitrogen functional groups attached to an aromatic ring is 1. The van der Waals surface area contributed by atoms with Gasteiger partial charge in [-0.05, 0) is 55.5 Å². The molecular weight excluding hydrogens is 490 g/mol. The standard InChI is InChI=1S/C30H31N7O2/c1-19(33-29(38)25-26(31)35-36-18-8-17-32-28(25)36)27-34-23-14-7-11-21(16-15-20-9-5-6-10-20)24(23)30(39)37(27)22-12-3-2-4-13-22/h2-4,7-8,11-14,17-20H,5-6,9-10,15-16H2,1H3,(H2,31,35)(H,33,38)/t19-/m1/s1. The smallest absolute Gasteiger partial charge is 0.266 e. The van der Waals surface area contributed by atoms with E-state index in [1.165, 1.54) is 30.2 Å². The zero-order valence-corrected chi connectivity index (χ0v) is 21.9. The van der Waals surface area contributed by atoms with Gasteiger partial charge in [-0.15, -0.1) is 5.10 Å². The number of nitrogens with two attached hydrogens (primary N) is 1. The van der Waals surface area contributed by atoms with Crippen molar-refractivity contribution in [2.24, 2.45) is 5.92 Å². The summed E-state index contributed by atoms with van der Waals surface area (Å²) in [5.74, 6) is 0.800. The molecule has 3 N–H and O–H groups in total. The number of fused-ring (bicyclic) bond motifs is 2. The van der Waals surface area contributed by atoms with Gasteiger partial charge in [0.25, 0.3) is 11.5 Å². The maximum Gasteiger partial charge on any atom is 0.266 e. The predicted molar refractivity (Wildman–Crippen MR) is 151 cm³/mol. The van der Waals surface area contributed by atoms with Crippen molar-refractivity contribution in [1.29, 1.82) is 0 Å². The third kappa shape index (κ3) is 4.65. The Kier molecular flexibility index (Phi) is 6.56. The van der Waals surface area contributed by atoms with Crippen LogP contribution in [0.1, 0.15) is 66.8 Å². The van der Waals surface area contributed by atoms with Crippen LogP contribution in [0.4, 0.5) is 5.82 Å². The van der Waals surface area contributed by atoms with Gasteiger partial charge in [-0.25, -0.2) is 14.5 Å². The minimum absolute atomic E-state index is 0.0808. The van der Waals surface area contributed by atoms with Crippen molar-refractivity contribution in [1.82, 2.24) is 29.5 Å². The van der Waals surface area contributed by atoms with Crippen LogP contribution in [0.3, 0.4) is 0 Å². The predicted octanol–water partition coefficient (Wildman–Crippen LogP) is 4.62. The molecule has 1 amide bonds.